The monoisotopic (exact) mass is 126 g/mol. The van der Waals surface area contributed by atoms with E-state index in [0.29, 0.717) is 0 Å². The highest BCUT2D eigenvalue weighted by atomic mass is 14.4. The van der Waals surface area contributed by atoms with Gasteiger partial charge in [-0.1, -0.05) is 33.1 Å². The molecule has 0 atom stereocenters. The molecule has 1 saturated carbocycles. The first kappa shape index (κ1) is 7.11. The first-order valence-corrected chi connectivity index (χ1v) is 4.27. The van der Waals surface area contributed by atoms with E-state index in [0.717, 1.165) is 5.41 Å². The van der Waals surface area contributed by atoms with E-state index in [1.807, 2.05) is 0 Å². The molecule has 0 radical (unpaired) electrons. The molecule has 9 heavy (non-hydrogen) atoms. The van der Waals surface area contributed by atoms with Crippen LogP contribution in [0.1, 0.15) is 52.4 Å². The van der Waals surface area contributed by atoms with Gasteiger partial charge < -0.3 is 0 Å². The molecule has 0 N–H and O–H groups in total. The van der Waals surface area contributed by atoms with Crippen molar-refractivity contribution >= 4 is 0 Å². The Morgan fingerprint density at radius 1 is 1.22 bits per heavy atom. The van der Waals surface area contributed by atoms with Gasteiger partial charge in [0.2, 0.25) is 0 Å². The largest absolute Gasteiger partial charge is 0.0654 e. The summed E-state index contributed by atoms with van der Waals surface area (Å²) in [6.45, 7) is 4.69. The van der Waals surface area contributed by atoms with Crippen LogP contribution in [0, 0.1) is 5.41 Å². The molecule has 0 saturated heterocycles. The van der Waals surface area contributed by atoms with Crippen molar-refractivity contribution in [3.05, 3.63) is 0 Å². The minimum absolute atomic E-state index is 0.801. The third kappa shape index (κ3) is 2.38. The average molecular weight is 126 g/mol. The van der Waals surface area contributed by atoms with Crippen LogP contribution in [0.4, 0.5) is 0 Å². The van der Waals surface area contributed by atoms with E-state index in [2.05, 4.69) is 13.8 Å². The highest BCUT2D eigenvalue weighted by Crippen LogP contribution is 2.49. The molecule has 0 heterocycles. The summed E-state index contributed by atoms with van der Waals surface area (Å²) in [4.78, 5) is 0. The van der Waals surface area contributed by atoms with Crippen LogP contribution in [0.2, 0.25) is 0 Å². The van der Waals surface area contributed by atoms with Gasteiger partial charge >= 0.3 is 0 Å². The van der Waals surface area contributed by atoms with Crippen molar-refractivity contribution in [2.45, 2.75) is 52.4 Å². The van der Waals surface area contributed by atoms with Crippen molar-refractivity contribution in [1.82, 2.24) is 0 Å². The van der Waals surface area contributed by atoms with E-state index in [9.17, 15) is 0 Å². The van der Waals surface area contributed by atoms with Crippen molar-refractivity contribution in [2.24, 2.45) is 5.41 Å². The Hall–Kier alpha value is 0. The Labute approximate surface area is 58.7 Å². The maximum absolute atomic E-state index is 2.42. The van der Waals surface area contributed by atoms with Crippen LogP contribution in [0.3, 0.4) is 0 Å². The van der Waals surface area contributed by atoms with Gasteiger partial charge in [-0.05, 0) is 24.7 Å². The molecule has 0 aromatic carbocycles. The lowest BCUT2D eigenvalue weighted by Crippen LogP contribution is -1.91. The van der Waals surface area contributed by atoms with Crippen molar-refractivity contribution in [1.29, 1.82) is 0 Å². The van der Waals surface area contributed by atoms with Gasteiger partial charge in [0.15, 0.2) is 0 Å². The molecule has 0 heteroatoms. The van der Waals surface area contributed by atoms with Gasteiger partial charge in [-0.3, -0.25) is 0 Å². The molecule has 0 nitrogen and oxygen atoms in total. The Balaban J connectivity index is 1.92. The van der Waals surface area contributed by atoms with Gasteiger partial charge in [-0.15, -0.1) is 0 Å². The summed E-state index contributed by atoms with van der Waals surface area (Å²) in [5.74, 6) is 0. The highest BCUT2D eigenvalue weighted by Gasteiger charge is 2.35. The Kier molecular flexibility index (Phi) is 2.15. The predicted molar refractivity (Wildman–Crippen MR) is 41.5 cm³/mol. The van der Waals surface area contributed by atoms with Crippen molar-refractivity contribution in [3.63, 3.8) is 0 Å². The summed E-state index contributed by atoms with van der Waals surface area (Å²) >= 11 is 0. The van der Waals surface area contributed by atoms with Crippen LogP contribution >= 0.6 is 0 Å². The van der Waals surface area contributed by atoms with Gasteiger partial charge in [-0.25, -0.2) is 0 Å². The SMILES string of the molecule is CCCCCC1(C)CC1. The third-order valence-electron chi connectivity index (χ3n) is 2.49. The van der Waals surface area contributed by atoms with E-state index in [1.54, 1.807) is 0 Å². The molecule has 1 fully saturated rings. The van der Waals surface area contributed by atoms with Crippen molar-refractivity contribution < 1.29 is 0 Å². The summed E-state index contributed by atoms with van der Waals surface area (Å²) in [6.07, 6.45) is 8.76. The van der Waals surface area contributed by atoms with Gasteiger partial charge in [0.05, 0.1) is 0 Å². The summed E-state index contributed by atoms with van der Waals surface area (Å²) in [7, 11) is 0. The van der Waals surface area contributed by atoms with Gasteiger partial charge in [0, 0.05) is 0 Å². The fourth-order valence-corrected chi connectivity index (χ4v) is 1.27. The maximum atomic E-state index is 2.42. The van der Waals surface area contributed by atoms with Crippen LogP contribution in [-0.2, 0) is 0 Å². The fourth-order valence-electron chi connectivity index (χ4n) is 1.27. The average Bonchev–Trinajstić information content (AvgIpc) is 2.50. The molecule has 1 rings (SSSR count). The quantitative estimate of drug-likeness (QED) is 0.507. The van der Waals surface area contributed by atoms with Gasteiger partial charge in [0.1, 0.15) is 0 Å². The summed E-state index contributed by atoms with van der Waals surface area (Å²) < 4.78 is 0. The Morgan fingerprint density at radius 3 is 2.33 bits per heavy atom. The lowest BCUT2D eigenvalue weighted by atomic mass is 10.0. The second-order valence-corrected chi connectivity index (χ2v) is 3.77. The molecule has 0 bridgehead atoms. The molecule has 0 spiro atoms. The zero-order chi connectivity index (χ0) is 6.74. The molecule has 0 aromatic rings. The number of unbranched alkanes of at least 4 members (excludes halogenated alkanes) is 2. The lowest BCUT2D eigenvalue weighted by molar-refractivity contribution is 0.480. The summed E-state index contributed by atoms with van der Waals surface area (Å²) in [5.41, 5.74) is 0.801. The molecule has 0 aromatic heterocycles. The molecule has 1 aliphatic carbocycles. The second-order valence-electron chi connectivity index (χ2n) is 3.77. The van der Waals surface area contributed by atoms with E-state index >= 15 is 0 Å². The summed E-state index contributed by atoms with van der Waals surface area (Å²) in [6, 6.07) is 0. The molecule has 0 unspecified atom stereocenters. The van der Waals surface area contributed by atoms with Crippen LogP contribution in [0.25, 0.3) is 0 Å². The minimum atomic E-state index is 0.801. The van der Waals surface area contributed by atoms with Crippen LogP contribution in [-0.4, -0.2) is 0 Å². The Morgan fingerprint density at radius 2 is 1.89 bits per heavy atom. The van der Waals surface area contributed by atoms with Crippen molar-refractivity contribution in [3.8, 4) is 0 Å². The highest BCUT2D eigenvalue weighted by molar-refractivity contribution is 4.87. The van der Waals surface area contributed by atoms with Crippen LogP contribution < -0.4 is 0 Å². The first-order valence-electron chi connectivity index (χ1n) is 4.27. The molecule has 54 valence electrons. The van der Waals surface area contributed by atoms with Crippen LogP contribution in [0.15, 0.2) is 0 Å². The topological polar surface area (TPSA) is 0 Å². The predicted octanol–water partition coefficient (Wildman–Crippen LogP) is 3.37. The standard InChI is InChI=1S/C9H18/c1-3-4-5-6-9(2)7-8-9/h3-8H2,1-2H3. The maximum Gasteiger partial charge on any atom is -0.0325 e. The fraction of sp³-hybridized carbons (Fsp3) is 1.00. The van der Waals surface area contributed by atoms with E-state index < -0.39 is 0 Å². The number of rotatable bonds is 4. The van der Waals surface area contributed by atoms with Gasteiger partial charge in [0.25, 0.3) is 0 Å². The zero-order valence-electron chi connectivity index (χ0n) is 6.74. The zero-order valence-corrected chi connectivity index (χ0v) is 6.74. The molecular weight excluding hydrogens is 108 g/mol. The summed E-state index contributed by atoms with van der Waals surface area (Å²) in [5, 5.41) is 0. The Bertz CT molecular complexity index is 80.0. The first-order chi connectivity index (χ1) is 4.27. The lowest BCUT2D eigenvalue weighted by Gasteiger charge is -2.04. The van der Waals surface area contributed by atoms with E-state index in [-0.39, 0.29) is 0 Å². The molecule has 0 amide bonds. The van der Waals surface area contributed by atoms with Crippen molar-refractivity contribution in [2.75, 3.05) is 0 Å². The van der Waals surface area contributed by atoms with E-state index in [4.69, 9.17) is 0 Å². The molecular formula is C9H18. The smallest absolute Gasteiger partial charge is 0.0325 e. The third-order valence-corrected chi connectivity index (χ3v) is 2.49. The molecule has 0 aliphatic heterocycles. The molecule has 1 aliphatic rings. The van der Waals surface area contributed by atoms with Gasteiger partial charge in [-0.2, -0.15) is 0 Å². The number of hydrogen-bond acceptors (Lipinski definition) is 0. The number of hydrogen-bond donors (Lipinski definition) is 0. The van der Waals surface area contributed by atoms with E-state index in [1.165, 1.54) is 38.5 Å². The minimum Gasteiger partial charge on any atom is -0.0654 e. The normalized spacial score (nSPS) is 22.0. The second kappa shape index (κ2) is 2.72. The van der Waals surface area contributed by atoms with Crippen LogP contribution in [0.5, 0.6) is 0 Å².